The van der Waals surface area contributed by atoms with Gasteiger partial charge in [0.2, 0.25) is 11.8 Å². The smallest absolute Gasteiger partial charge is 0.258 e. The predicted octanol–water partition coefficient (Wildman–Crippen LogP) is 2.75. The quantitative estimate of drug-likeness (QED) is 0.544. The molecule has 1 aliphatic heterocycles. The van der Waals surface area contributed by atoms with Crippen LogP contribution in [-0.2, 0) is 20.9 Å². The van der Waals surface area contributed by atoms with Gasteiger partial charge in [0.25, 0.3) is 5.91 Å². The normalized spacial score (nSPS) is 14.2. The summed E-state index contributed by atoms with van der Waals surface area (Å²) in [5.74, 6) is 0.929. The van der Waals surface area contributed by atoms with E-state index < -0.39 is 6.04 Å². The van der Waals surface area contributed by atoms with E-state index in [-0.39, 0.29) is 24.3 Å². The fourth-order valence-corrected chi connectivity index (χ4v) is 3.90. The van der Waals surface area contributed by atoms with Gasteiger partial charge in [-0.1, -0.05) is 30.3 Å². The van der Waals surface area contributed by atoms with Gasteiger partial charge in [0, 0.05) is 25.2 Å². The number of carbonyl (C=O) groups excluding carboxylic acids is 3. The molecule has 0 aromatic heterocycles. The molecule has 2 aromatic carbocycles. The van der Waals surface area contributed by atoms with Crippen molar-refractivity contribution in [2.24, 2.45) is 0 Å². The van der Waals surface area contributed by atoms with E-state index in [2.05, 4.69) is 10.6 Å². The van der Waals surface area contributed by atoms with Crippen molar-refractivity contribution in [1.82, 2.24) is 10.6 Å². The first-order valence-electron chi connectivity index (χ1n) is 10.7. The van der Waals surface area contributed by atoms with E-state index in [9.17, 15) is 14.4 Å². The van der Waals surface area contributed by atoms with Crippen molar-refractivity contribution in [2.75, 3.05) is 30.1 Å². The Bertz CT molecular complexity index is 905. The van der Waals surface area contributed by atoms with Crippen molar-refractivity contribution >= 4 is 35.2 Å². The van der Waals surface area contributed by atoms with Gasteiger partial charge < -0.3 is 20.3 Å². The van der Waals surface area contributed by atoms with E-state index >= 15 is 0 Å². The molecule has 2 aromatic rings. The number of ether oxygens (including phenoxy) is 1. The highest BCUT2D eigenvalue weighted by Gasteiger charge is 2.22. The molecule has 0 saturated carbocycles. The number of thioether (sulfide) groups is 1. The molecule has 0 radical (unpaired) electrons. The molecule has 7 nitrogen and oxygen atoms in total. The number of hydrogen-bond donors (Lipinski definition) is 2. The molecule has 3 amide bonds. The van der Waals surface area contributed by atoms with Crippen LogP contribution in [0.15, 0.2) is 54.6 Å². The zero-order valence-electron chi connectivity index (χ0n) is 18.2. The number of rotatable bonds is 11. The van der Waals surface area contributed by atoms with Crippen LogP contribution in [-0.4, -0.2) is 48.9 Å². The van der Waals surface area contributed by atoms with Gasteiger partial charge in [0.15, 0.2) is 6.61 Å². The SMILES string of the molecule is CSCCC(NC(=O)COc1ccccc1)C(=O)NCc1ccc(N2CCCC2=O)cc1. The number of benzene rings is 2. The Balaban J connectivity index is 1.50. The summed E-state index contributed by atoms with van der Waals surface area (Å²) in [5, 5.41) is 5.68. The molecule has 0 aliphatic carbocycles. The molecule has 1 aliphatic rings. The zero-order chi connectivity index (χ0) is 22.8. The van der Waals surface area contributed by atoms with Gasteiger partial charge in [-0.05, 0) is 54.7 Å². The van der Waals surface area contributed by atoms with Crippen molar-refractivity contribution < 1.29 is 19.1 Å². The summed E-state index contributed by atoms with van der Waals surface area (Å²) >= 11 is 1.62. The summed E-state index contributed by atoms with van der Waals surface area (Å²) in [6.45, 7) is 0.947. The van der Waals surface area contributed by atoms with E-state index in [1.54, 1.807) is 28.8 Å². The van der Waals surface area contributed by atoms with E-state index in [1.165, 1.54) is 0 Å². The molecule has 0 spiro atoms. The van der Waals surface area contributed by atoms with Gasteiger partial charge >= 0.3 is 0 Å². The van der Waals surface area contributed by atoms with Gasteiger partial charge in [-0.3, -0.25) is 14.4 Å². The third kappa shape index (κ3) is 7.02. The molecule has 1 heterocycles. The van der Waals surface area contributed by atoms with Crippen LogP contribution in [0.2, 0.25) is 0 Å². The van der Waals surface area contributed by atoms with E-state index in [4.69, 9.17) is 4.74 Å². The fourth-order valence-electron chi connectivity index (χ4n) is 3.43. The average molecular weight is 456 g/mol. The van der Waals surface area contributed by atoms with Crippen LogP contribution < -0.4 is 20.3 Å². The molecule has 170 valence electrons. The Morgan fingerprint density at radius 1 is 1.12 bits per heavy atom. The van der Waals surface area contributed by atoms with Crippen molar-refractivity contribution in [2.45, 2.75) is 31.8 Å². The molecule has 1 atom stereocenters. The van der Waals surface area contributed by atoms with E-state index in [0.717, 1.165) is 30.0 Å². The third-order valence-electron chi connectivity index (χ3n) is 5.16. The lowest BCUT2D eigenvalue weighted by Crippen LogP contribution is -2.48. The minimum absolute atomic E-state index is 0.148. The van der Waals surface area contributed by atoms with Crippen molar-refractivity contribution in [1.29, 1.82) is 0 Å². The molecule has 0 bridgehead atoms. The van der Waals surface area contributed by atoms with Crippen molar-refractivity contribution in [3.05, 3.63) is 60.2 Å². The molecule has 8 heteroatoms. The Morgan fingerprint density at radius 2 is 1.88 bits per heavy atom. The standard InChI is InChI=1S/C24H29N3O4S/c1-32-15-13-21(26-22(28)17-31-20-6-3-2-4-7-20)24(30)25-16-18-9-11-19(12-10-18)27-14-5-8-23(27)29/h2-4,6-7,9-12,21H,5,8,13-17H2,1H3,(H,25,30)(H,26,28). The number of nitrogens with one attached hydrogen (secondary N) is 2. The maximum atomic E-state index is 12.7. The number of para-hydroxylation sites is 1. The summed E-state index contributed by atoms with van der Waals surface area (Å²) in [5.41, 5.74) is 1.81. The number of anilines is 1. The molecular formula is C24H29N3O4S. The highest BCUT2D eigenvalue weighted by atomic mass is 32.2. The second-order valence-corrected chi connectivity index (χ2v) is 8.52. The second kappa shape index (κ2) is 12.1. The predicted molar refractivity (Wildman–Crippen MR) is 127 cm³/mol. The molecule has 1 fully saturated rings. The number of hydrogen-bond acceptors (Lipinski definition) is 5. The van der Waals surface area contributed by atoms with Crippen LogP contribution in [0.4, 0.5) is 5.69 Å². The first-order chi connectivity index (χ1) is 15.6. The minimum Gasteiger partial charge on any atom is -0.484 e. The summed E-state index contributed by atoms with van der Waals surface area (Å²) in [6.07, 6.45) is 3.97. The molecule has 1 saturated heterocycles. The van der Waals surface area contributed by atoms with E-state index in [0.29, 0.717) is 25.1 Å². The van der Waals surface area contributed by atoms with Crippen molar-refractivity contribution in [3.8, 4) is 5.75 Å². The Kier molecular flexibility index (Phi) is 8.98. The first-order valence-corrected chi connectivity index (χ1v) is 12.1. The van der Waals surface area contributed by atoms with Gasteiger partial charge in [-0.2, -0.15) is 11.8 Å². The Hall–Kier alpha value is -3.00. The second-order valence-electron chi connectivity index (χ2n) is 7.54. The highest BCUT2D eigenvalue weighted by Crippen LogP contribution is 2.21. The van der Waals surface area contributed by atoms with Crippen LogP contribution in [0.3, 0.4) is 0 Å². The number of carbonyl (C=O) groups is 3. The fraction of sp³-hybridized carbons (Fsp3) is 0.375. The van der Waals surface area contributed by atoms with Crippen LogP contribution in [0.25, 0.3) is 0 Å². The lowest BCUT2D eigenvalue weighted by Gasteiger charge is -2.19. The van der Waals surface area contributed by atoms with Gasteiger partial charge in [0.05, 0.1) is 0 Å². The van der Waals surface area contributed by atoms with Crippen LogP contribution in [0.1, 0.15) is 24.8 Å². The zero-order valence-corrected chi connectivity index (χ0v) is 19.0. The molecule has 32 heavy (non-hydrogen) atoms. The molecular weight excluding hydrogens is 426 g/mol. The Morgan fingerprint density at radius 3 is 2.53 bits per heavy atom. The lowest BCUT2D eigenvalue weighted by molar-refractivity contribution is -0.130. The average Bonchev–Trinajstić information content (AvgIpc) is 3.25. The Labute approximate surface area is 192 Å². The van der Waals surface area contributed by atoms with Gasteiger partial charge in [0.1, 0.15) is 11.8 Å². The van der Waals surface area contributed by atoms with Crippen LogP contribution in [0, 0.1) is 0 Å². The van der Waals surface area contributed by atoms with Crippen LogP contribution in [0.5, 0.6) is 5.75 Å². The topological polar surface area (TPSA) is 87.7 Å². The lowest BCUT2D eigenvalue weighted by atomic mass is 10.1. The van der Waals surface area contributed by atoms with Crippen LogP contribution >= 0.6 is 11.8 Å². The summed E-state index contributed by atoms with van der Waals surface area (Å²) < 4.78 is 5.47. The minimum atomic E-state index is -0.629. The molecule has 3 rings (SSSR count). The molecule has 1 unspecified atom stereocenters. The largest absolute Gasteiger partial charge is 0.484 e. The molecule has 2 N–H and O–H groups in total. The summed E-state index contributed by atoms with van der Waals surface area (Å²) in [4.78, 5) is 38.7. The first kappa shape index (κ1) is 23.7. The maximum Gasteiger partial charge on any atom is 0.258 e. The number of amides is 3. The third-order valence-corrected chi connectivity index (χ3v) is 5.81. The van der Waals surface area contributed by atoms with Gasteiger partial charge in [-0.25, -0.2) is 0 Å². The maximum absolute atomic E-state index is 12.7. The van der Waals surface area contributed by atoms with Gasteiger partial charge in [-0.15, -0.1) is 0 Å². The summed E-state index contributed by atoms with van der Waals surface area (Å²) in [6, 6.07) is 16.1. The summed E-state index contributed by atoms with van der Waals surface area (Å²) in [7, 11) is 0. The van der Waals surface area contributed by atoms with Crippen molar-refractivity contribution in [3.63, 3.8) is 0 Å². The monoisotopic (exact) mass is 455 g/mol. The number of nitrogens with zero attached hydrogens (tertiary/aromatic N) is 1. The van der Waals surface area contributed by atoms with E-state index in [1.807, 2.05) is 48.7 Å². The highest BCUT2D eigenvalue weighted by molar-refractivity contribution is 7.98.